The molecule has 0 saturated carbocycles. The fraction of sp³-hybridized carbons (Fsp3) is 0.120. The van der Waals surface area contributed by atoms with Gasteiger partial charge in [-0.25, -0.2) is 22.6 Å². The summed E-state index contributed by atoms with van der Waals surface area (Å²) in [6.45, 7) is 8.55. The predicted octanol–water partition coefficient (Wildman–Crippen LogP) is 6.00. The zero-order valence-electron chi connectivity index (χ0n) is 17.8. The number of rotatable bonds is 5. The molecular weight excluding hydrogens is 473 g/mol. The molecule has 0 bridgehead atoms. The van der Waals surface area contributed by atoms with E-state index in [0.717, 1.165) is 5.56 Å². The summed E-state index contributed by atoms with van der Waals surface area (Å²) in [6.07, 6.45) is 1.58. The number of hydrogen-bond donors (Lipinski definition) is 0. The lowest BCUT2D eigenvalue weighted by Gasteiger charge is -2.32. The summed E-state index contributed by atoms with van der Waals surface area (Å²) in [7, 11) is -3.58. The largest absolute Gasteiger partial charge is 0.489 e. The van der Waals surface area contributed by atoms with Gasteiger partial charge in [-0.2, -0.15) is 0 Å². The van der Waals surface area contributed by atoms with Crippen molar-refractivity contribution in [3.8, 4) is 16.9 Å². The lowest BCUT2D eigenvalue weighted by molar-refractivity contribution is 0.313. The Bertz CT molecular complexity index is 1510. The van der Waals surface area contributed by atoms with Crippen LogP contribution in [0.25, 0.3) is 16.0 Å². The normalized spacial score (nSPS) is 13.1. The number of anilines is 2. The molecule has 6 nitrogen and oxygen atoms in total. The fourth-order valence-corrected chi connectivity index (χ4v) is 6.17. The Kier molecular flexibility index (Phi) is 5.77. The summed E-state index contributed by atoms with van der Waals surface area (Å²) in [5.74, 6) is -0.0680. The third kappa shape index (κ3) is 4.25. The van der Waals surface area contributed by atoms with Crippen molar-refractivity contribution in [2.75, 3.05) is 18.1 Å². The summed E-state index contributed by atoms with van der Waals surface area (Å²) in [6, 6.07) is 16.4. The molecule has 1 aromatic heterocycles. The number of fused-ring (bicyclic) bond motifs is 1. The molecule has 0 unspecified atom stereocenters. The lowest BCUT2D eigenvalue weighted by Crippen LogP contribution is -2.28. The van der Waals surface area contributed by atoms with Crippen molar-refractivity contribution in [3.05, 3.63) is 94.5 Å². The maximum Gasteiger partial charge on any atom is 0.210 e. The second-order valence-electron chi connectivity index (χ2n) is 7.64. The molecule has 0 spiro atoms. The van der Waals surface area contributed by atoms with Gasteiger partial charge in [0.15, 0.2) is 9.84 Å². The van der Waals surface area contributed by atoms with Crippen LogP contribution in [0.1, 0.15) is 5.01 Å². The average Bonchev–Trinajstić information content (AvgIpc) is 3.35. The van der Waals surface area contributed by atoms with E-state index in [2.05, 4.69) is 9.83 Å². The van der Waals surface area contributed by atoms with E-state index in [4.69, 9.17) is 11.3 Å². The summed E-state index contributed by atoms with van der Waals surface area (Å²) < 4.78 is 45.2. The molecule has 0 aliphatic carbocycles. The van der Waals surface area contributed by atoms with Gasteiger partial charge in [-0.3, -0.25) is 0 Å². The average molecular weight is 492 g/mol. The van der Waals surface area contributed by atoms with E-state index in [1.54, 1.807) is 41.9 Å². The van der Waals surface area contributed by atoms with E-state index in [1.807, 2.05) is 17.0 Å². The minimum Gasteiger partial charge on any atom is -0.489 e. The third-order valence-electron chi connectivity index (χ3n) is 5.50. The van der Waals surface area contributed by atoms with Crippen molar-refractivity contribution in [2.45, 2.75) is 10.6 Å². The second kappa shape index (κ2) is 8.89. The summed E-state index contributed by atoms with van der Waals surface area (Å²) in [5.41, 5.74) is 3.20. The Hall–Kier alpha value is -3.74. The highest BCUT2D eigenvalue weighted by atomic mass is 32.2. The highest BCUT2D eigenvalue weighted by molar-refractivity contribution is 7.90. The van der Waals surface area contributed by atoms with E-state index < -0.39 is 9.84 Å². The monoisotopic (exact) mass is 491 g/mol. The number of halogens is 1. The molecule has 170 valence electrons. The third-order valence-corrected chi connectivity index (χ3v) is 8.08. The number of ether oxygens (including phenoxy) is 1. The molecule has 0 radical (unpaired) electrons. The molecule has 3 aromatic carbocycles. The van der Waals surface area contributed by atoms with Crippen molar-refractivity contribution < 1.29 is 17.5 Å². The van der Waals surface area contributed by atoms with Gasteiger partial charge in [-0.05, 0) is 47.5 Å². The van der Waals surface area contributed by atoms with Gasteiger partial charge in [-0.1, -0.05) is 18.2 Å². The van der Waals surface area contributed by atoms with Crippen LogP contribution in [0.5, 0.6) is 5.75 Å². The molecule has 0 N–H and O–H groups in total. The molecule has 2 heterocycles. The summed E-state index contributed by atoms with van der Waals surface area (Å²) >= 11 is 1.30. The summed E-state index contributed by atoms with van der Waals surface area (Å²) in [5, 5.41) is 2.27. The first-order valence-corrected chi connectivity index (χ1v) is 12.9. The quantitative estimate of drug-likeness (QED) is 0.320. The van der Waals surface area contributed by atoms with Gasteiger partial charge in [-0.15, -0.1) is 11.3 Å². The van der Waals surface area contributed by atoms with Crippen LogP contribution in [0.15, 0.2) is 77.1 Å². The molecule has 34 heavy (non-hydrogen) atoms. The van der Waals surface area contributed by atoms with E-state index >= 15 is 0 Å². The molecule has 9 heteroatoms. The molecule has 0 fully saturated rings. The maximum absolute atomic E-state index is 13.7. The number of nitrogens with zero attached hydrogens (tertiary/aromatic N) is 3. The number of hydrogen-bond acceptors (Lipinski definition) is 6. The van der Waals surface area contributed by atoms with Crippen LogP contribution < -0.4 is 9.64 Å². The Balaban J connectivity index is 1.49. The Morgan fingerprint density at radius 2 is 1.91 bits per heavy atom. The van der Waals surface area contributed by atoms with E-state index in [0.29, 0.717) is 46.5 Å². The van der Waals surface area contributed by atoms with E-state index in [1.165, 1.54) is 29.5 Å². The van der Waals surface area contributed by atoms with Crippen LogP contribution in [-0.4, -0.2) is 26.6 Å². The first kappa shape index (κ1) is 22.1. The van der Waals surface area contributed by atoms with Crippen LogP contribution >= 0.6 is 11.3 Å². The van der Waals surface area contributed by atoms with Gasteiger partial charge >= 0.3 is 0 Å². The number of sulfone groups is 1. The minimum atomic E-state index is -3.58. The Morgan fingerprint density at radius 3 is 2.68 bits per heavy atom. The molecule has 4 aromatic rings. The highest BCUT2D eigenvalue weighted by Gasteiger charge is 2.25. The minimum absolute atomic E-state index is 0.162. The Labute approximate surface area is 200 Å². The molecule has 1 aliphatic heterocycles. The predicted molar refractivity (Wildman–Crippen MR) is 130 cm³/mol. The first-order chi connectivity index (χ1) is 16.4. The topological polar surface area (TPSA) is 63.9 Å². The fourth-order valence-electron chi connectivity index (χ4n) is 3.90. The first-order valence-electron chi connectivity index (χ1n) is 10.4. The van der Waals surface area contributed by atoms with Crippen molar-refractivity contribution in [1.82, 2.24) is 4.98 Å². The number of aromatic nitrogens is 1. The molecule has 5 rings (SSSR count). The number of thiazole rings is 1. The molecule has 1 aliphatic rings. The zero-order valence-corrected chi connectivity index (χ0v) is 19.4. The van der Waals surface area contributed by atoms with Crippen LogP contribution in [0, 0.1) is 12.4 Å². The second-order valence-corrected chi connectivity index (χ2v) is 10.6. The van der Waals surface area contributed by atoms with Crippen molar-refractivity contribution >= 4 is 38.2 Å². The van der Waals surface area contributed by atoms with Crippen molar-refractivity contribution in [1.29, 1.82) is 0 Å². The van der Waals surface area contributed by atoms with Gasteiger partial charge < -0.3 is 9.64 Å². The molecular formula is C25H18FN3O3S2. The van der Waals surface area contributed by atoms with Crippen LogP contribution in [0.2, 0.25) is 0 Å². The van der Waals surface area contributed by atoms with E-state index in [9.17, 15) is 12.8 Å². The van der Waals surface area contributed by atoms with Crippen LogP contribution in [0.4, 0.5) is 21.5 Å². The van der Waals surface area contributed by atoms with Gasteiger partial charge in [0.2, 0.25) is 5.69 Å². The van der Waals surface area contributed by atoms with E-state index in [-0.39, 0.29) is 16.5 Å². The molecule has 0 amide bonds. The standard InChI is InChI=1S/C25H18FN3O3S2/c1-27-21-14-18(17-3-2-4-19(26)13-17)5-7-22(21)29-10-11-32-24-15-20(6-8-23(24)29)34(30,31)16-25-28-9-12-33-25/h2-9,12-15H,10-11,16H2. The highest BCUT2D eigenvalue weighted by Crippen LogP contribution is 2.43. The van der Waals surface area contributed by atoms with Crippen LogP contribution in [0.3, 0.4) is 0 Å². The van der Waals surface area contributed by atoms with Gasteiger partial charge in [0.25, 0.3) is 0 Å². The van der Waals surface area contributed by atoms with Crippen molar-refractivity contribution in [2.24, 2.45) is 0 Å². The smallest absolute Gasteiger partial charge is 0.210 e. The SMILES string of the molecule is [C-]#[N+]c1cc(-c2cccc(F)c2)ccc1N1CCOc2cc(S(=O)(=O)Cc3nccs3)ccc21. The molecule has 0 atom stereocenters. The van der Waals surface area contributed by atoms with Gasteiger partial charge in [0, 0.05) is 23.3 Å². The molecule has 0 saturated heterocycles. The van der Waals surface area contributed by atoms with Gasteiger partial charge in [0.1, 0.15) is 28.9 Å². The maximum atomic E-state index is 13.7. The van der Waals surface area contributed by atoms with Gasteiger partial charge in [0.05, 0.1) is 23.7 Å². The lowest BCUT2D eigenvalue weighted by atomic mass is 10.0. The Morgan fingerprint density at radius 1 is 1.09 bits per heavy atom. The zero-order chi connectivity index (χ0) is 23.7. The van der Waals surface area contributed by atoms with Crippen LogP contribution in [-0.2, 0) is 15.6 Å². The van der Waals surface area contributed by atoms with Crippen molar-refractivity contribution in [3.63, 3.8) is 0 Å². The number of benzene rings is 3. The summed E-state index contributed by atoms with van der Waals surface area (Å²) in [4.78, 5) is 9.87.